The Kier molecular flexibility index (Phi) is 8.62. The first-order chi connectivity index (χ1) is 20.6. The maximum Gasteiger partial charge on any atom is 0.416 e. The first-order valence-electron chi connectivity index (χ1n) is 14.1. The monoisotopic (exact) mass is 657 g/mol. The van der Waals surface area contributed by atoms with Gasteiger partial charge in [-0.05, 0) is 98.2 Å². The summed E-state index contributed by atoms with van der Waals surface area (Å²) in [5.74, 6) is -1.81. The molecule has 1 heterocycles. The number of rotatable bonds is 7. The normalized spacial score (nSPS) is 25.8. The van der Waals surface area contributed by atoms with Crippen LogP contribution >= 0.6 is 0 Å². The van der Waals surface area contributed by atoms with Gasteiger partial charge in [0.05, 0.1) is 22.8 Å². The van der Waals surface area contributed by atoms with Gasteiger partial charge in [-0.25, -0.2) is 25.6 Å². The molecule has 5 rings (SSSR count). The summed E-state index contributed by atoms with van der Waals surface area (Å²) in [6.45, 7) is 1.74. The van der Waals surface area contributed by atoms with E-state index in [-0.39, 0.29) is 38.6 Å². The van der Waals surface area contributed by atoms with E-state index >= 15 is 4.39 Å². The number of hydrogen-bond acceptors (Lipinski definition) is 5. The van der Waals surface area contributed by atoms with E-state index in [1.165, 1.54) is 11.4 Å². The van der Waals surface area contributed by atoms with Gasteiger partial charge in [0.15, 0.2) is 9.84 Å². The van der Waals surface area contributed by atoms with Crippen molar-refractivity contribution in [1.29, 1.82) is 0 Å². The number of fused-ring (bicyclic) bond motifs is 1. The van der Waals surface area contributed by atoms with Crippen molar-refractivity contribution in [2.45, 2.75) is 72.7 Å². The number of hydrogen-bond donors (Lipinski definition) is 0. The zero-order valence-corrected chi connectivity index (χ0v) is 25.7. The van der Waals surface area contributed by atoms with E-state index in [4.69, 9.17) is 4.74 Å². The summed E-state index contributed by atoms with van der Waals surface area (Å²) in [4.78, 5) is -0.460. The van der Waals surface area contributed by atoms with Gasteiger partial charge in [-0.15, -0.1) is 0 Å². The Morgan fingerprint density at radius 2 is 1.66 bits per heavy atom. The molecule has 0 N–H and O–H groups in total. The SMILES string of the molecule is CCC1CC2C[C@@](c3cc(F)ccc3F)(S(=O)(=O)c3ccc(C(F)(F)F)cc3)CC[C@H]2N(Cc2ccc(OC)cc2)S1(=O)=O. The number of nitrogens with zero attached hydrogens (tertiary/aromatic N) is 1. The van der Waals surface area contributed by atoms with Gasteiger partial charge in [-0.1, -0.05) is 19.1 Å². The zero-order chi connectivity index (χ0) is 32.1. The van der Waals surface area contributed by atoms with Crippen LogP contribution in [0, 0.1) is 17.6 Å². The molecule has 13 heteroatoms. The summed E-state index contributed by atoms with van der Waals surface area (Å²) in [7, 11) is -6.92. The molecule has 1 aliphatic heterocycles. The second-order valence-corrected chi connectivity index (χ2v) is 15.8. The topological polar surface area (TPSA) is 80.8 Å². The Bertz CT molecular complexity index is 1730. The van der Waals surface area contributed by atoms with Crippen LogP contribution in [0.15, 0.2) is 71.6 Å². The molecule has 4 atom stereocenters. The second-order valence-electron chi connectivity index (χ2n) is 11.4. The smallest absolute Gasteiger partial charge is 0.416 e. The third-order valence-electron chi connectivity index (χ3n) is 9.04. The van der Waals surface area contributed by atoms with Crippen LogP contribution in [0.1, 0.15) is 55.7 Å². The van der Waals surface area contributed by atoms with Crippen LogP contribution in [0.3, 0.4) is 0 Å². The highest BCUT2D eigenvalue weighted by molar-refractivity contribution is 7.92. The van der Waals surface area contributed by atoms with Gasteiger partial charge in [0.2, 0.25) is 10.0 Å². The summed E-state index contributed by atoms with van der Waals surface area (Å²) in [6.07, 6.45) is -4.87. The van der Waals surface area contributed by atoms with E-state index in [1.807, 2.05) is 0 Å². The van der Waals surface area contributed by atoms with Crippen LogP contribution in [-0.4, -0.2) is 39.5 Å². The molecule has 238 valence electrons. The molecule has 0 amide bonds. The lowest BCUT2D eigenvalue weighted by Crippen LogP contribution is -2.58. The Morgan fingerprint density at radius 3 is 2.25 bits per heavy atom. The molecule has 0 bridgehead atoms. The lowest BCUT2D eigenvalue weighted by Gasteiger charge is -2.51. The van der Waals surface area contributed by atoms with E-state index in [9.17, 15) is 34.4 Å². The Hall–Kier alpha value is -3.03. The molecule has 1 aliphatic carbocycles. The molecular weight excluding hydrogens is 625 g/mol. The van der Waals surface area contributed by atoms with Crippen molar-refractivity contribution in [3.05, 3.63) is 95.1 Å². The Morgan fingerprint density at radius 1 is 1.00 bits per heavy atom. The highest BCUT2D eigenvalue weighted by atomic mass is 32.2. The Balaban J connectivity index is 1.60. The maximum atomic E-state index is 15.5. The molecule has 1 saturated heterocycles. The second kappa shape index (κ2) is 11.7. The summed E-state index contributed by atoms with van der Waals surface area (Å²) < 4.78 is 131. The largest absolute Gasteiger partial charge is 0.497 e. The fourth-order valence-electron chi connectivity index (χ4n) is 6.76. The van der Waals surface area contributed by atoms with E-state index < -0.39 is 75.7 Å². The zero-order valence-electron chi connectivity index (χ0n) is 24.0. The minimum Gasteiger partial charge on any atom is -0.497 e. The molecular formula is C31H32F5NO5S2. The fourth-order valence-corrected chi connectivity index (χ4v) is 11.3. The van der Waals surface area contributed by atoms with Crippen LogP contribution in [0.4, 0.5) is 22.0 Å². The first kappa shape index (κ1) is 32.4. The van der Waals surface area contributed by atoms with Crippen molar-refractivity contribution in [3.8, 4) is 5.75 Å². The number of alkyl halides is 3. The predicted octanol–water partition coefficient (Wildman–Crippen LogP) is 6.84. The highest BCUT2D eigenvalue weighted by Gasteiger charge is 2.57. The van der Waals surface area contributed by atoms with Gasteiger partial charge >= 0.3 is 6.18 Å². The molecule has 2 aliphatic rings. The van der Waals surface area contributed by atoms with Crippen molar-refractivity contribution in [2.75, 3.05) is 7.11 Å². The Labute approximate surface area is 253 Å². The van der Waals surface area contributed by atoms with Crippen molar-refractivity contribution >= 4 is 19.9 Å². The molecule has 44 heavy (non-hydrogen) atoms. The molecule has 2 unspecified atom stereocenters. The predicted molar refractivity (Wildman–Crippen MR) is 154 cm³/mol. The molecule has 1 saturated carbocycles. The average molecular weight is 658 g/mol. The third-order valence-corrected chi connectivity index (χ3v) is 14.0. The molecule has 0 aromatic heterocycles. The minimum atomic E-state index is -4.71. The van der Waals surface area contributed by atoms with E-state index in [2.05, 4.69) is 0 Å². The average Bonchev–Trinajstić information content (AvgIpc) is 2.99. The van der Waals surface area contributed by atoms with E-state index in [1.54, 1.807) is 31.2 Å². The van der Waals surface area contributed by atoms with Gasteiger partial charge < -0.3 is 4.74 Å². The lowest BCUT2D eigenvalue weighted by molar-refractivity contribution is -0.137. The fraction of sp³-hybridized carbons (Fsp3) is 0.419. The lowest BCUT2D eigenvalue weighted by atomic mass is 9.72. The highest BCUT2D eigenvalue weighted by Crippen LogP contribution is 2.54. The third kappa shape index (κ3) is 5.62. The van der Waals surface area contributed by atoms with Crippen LogP contribution in [0.25, 0.3) is 0 Å². The van der Waals surface area contributed by atoms with Crippen molar-refractivity contribution in [1.82, 2.24) is 4.31 Å². The van der Waals surface area contributed by atoms with Crippen molar-refractivity contribution < 1.29 is 43.5 Å². The quantitative estimate of drug-likeness (QED) is 0.260. The maximum absolute atomic E-state index is 15.5. The number of sulfonamides is 1. The molecule has 2 fully saturated rings. The molecule has 6 nitrogen and oxygen atoms in total. The summed E-state index contributed by atoms with van der Waals surface area (Å²) in [6, 6.07) is 11.7. The van der Waals surface area contributed by atoms with Gasteiger partial charge in [0.1, 0.15) is 22.1 Å². The van der Waals surface area contributed by atoms with Gasteiger partial charge in [-0.2, -0.15) is 17.5 Å². The van der Waals surface area contributed by atoms with Crippen LogP contribution in [0.2, 0.25) is 0 Å². The molecule has 3 aromatic rings. The van der Waals surface area contributed by atoms with Crippen molar-refractivity contribution in [3.63, 3.8) is 0 Å². The van der Waals surface area contributed by atoms with Crippen LogP contribution in [0.5, 0.6) is 5.75 Å². The molecule has 3 aromatic carbocycles. The summed E-state index contributed by atoms with van der Waals surface area (Å²) in [5.41, 5.74) is -0.780. The van der Waals surface area contributed by atoms with E-state index in [0.29, 0.717) is 23.4 Å². The van der Waals surface area contributed by atoms with Crippen LogP contribution < -0.4 is 4.74 Å². The first-order valence-corrected chi connectivity index (χ1v) is 17.1. The van der Waals surface area contributed by atoms with Crippen molar-refractivity contribution in [2.24, 2.45) is 5.92 Å². The molecule has 0 radical (unpaired) electrons. The van der Waals surface area contributed by atoms with Gasteiger partial charge in [0, 0.05) is 18.2 Å². The number of benzene rings is 3. The number of sulfone groups is 1. The number of halogens is 5. The van der Waals surface area contributed by atoms with E-state index in [0.717, 1.165) is 30.3 Å². The standard InChI is InChI=1S/C31H32F5NO5S2/c1-3-25-16-21-18-30(27-17-23(32)8-13-28(27)33,43(38,39)26-11-6-22(7-12-26)31(34,35)36)15-14-29(21)37(44(25,40)41)19-20-4-9-24(42-2)10-5-20/h4-13,17,21,25,29H,3,14-16,18-19H2,1-2H3/t21?,25?,29-,30+/m1/s1. The number of ether oxygens (including phenoxy) is 1. The minimum absolute atomic E-state index is 0.00625. The summed E-state index contributed by atoms with van der Waals surface area (Å²) in [5, 5.41) is -0.844. The molecule has 0 spiro atoms. The summed E-state index contributed by atoms with van der Waals surface area (Å²) >= 11 is 0. The van der Waals surface area contributed by atoms with Gasteiger partial charge in [-0.3, -0.25) is 0 Å². The van der Waals surface area contributed by atoms with Gasteiger partial charge in [0.25, 0.3) is 0 Å². The number of methoxy groups -OCH3 is 1. The van der Waals surface area contributed by atoms with Crippen LogP contribution in [-0.2, 0) is 37.3 Å².